The van der Waals surface area contributed by atoms with Gasteiger partial charge in [0.1, 0.15) is 4.90 Å². The average Bonchev–Trinajstić information content (AvgIpc) is 3.25. The molecule has 3 N–H and O–H groups in total. The lowest BCUT2D eigenvalue weighted by Gasteiger charge is -2.15. The zero-order valence-electron chi connectivity index (χ0n) is 11.4. The van der Waals surface area contributed by atoms with E-state index in [1.807, 2.05) is 0 Å². The number of primary sulfonamides is 1. The molecule has 114 valence electrons. The van der Waals surface area contributed by atoms with Crippen LogP contribution in [0.5, 0.6) is 0 Å². The van der Waals surface area contributed by atoms with Gasteiger partial charge in [0.25, 0.3) is 5.91 Å². The molecule has 1 aromatic rings. The molecule has 0 heterocycles. The fourth-order valence-corrected chi connectivity index (χ4v) is 3.88. The fourth-order valence-electron chi connectivity index (χ4n) is 2.81. The predicted molar refractivity (Wildman–Crippen MR) is 79.5 cm³/mol. The lowest BCUT2D eigenvalue weighted by molar-refractivity contribution is 0.0942. The minimum absolute atomic E-state index is 0.0192. The monoisotopic (exact) mass is 328 g/mol. The minimum Gasteiger partial charge on any atom is -0.351 e. The maximum absolute atomic E-state index is 12.2. The molecule has 7 heteroatoms. The van der Waals surface area contributed by atoms with Crippen molar-refractivity contribution in [3.05, 3.63) is 28.8 Å². The summed E-state index contributed by atoms with van der Waals surface area (Å²) >= 11 is 5.80. The summed E-state index contributed by atoms with van der Waals surface area (Å²) in [5, 5.41) is 8.01. The van der Waals surface area contributed by atoms with Gasteiger partial charge in [0.15, 0.2) is 0 Å². The van der Waals surface area contributed by atoms with Gasteiger partial charge < -0.3 is 5.32 Å². The summed E-state index contributed by atoms with van der Waals surface area (Å²) in [7, 11) is -3.94. The number of hydrogen-bond acceptors (Lipinski definition) is 3. The van der Waals surface area contributed by atoms with E-state index in [1.54, 1.807) is 0 Å². The highest BCUT2D eigenvalue weighted by molar-refractivity contribution is 7.89. The lowest BCUT2D eigenvalue weighted by atomic mass is 10.0. The zero-order chi connectivity index (χ0) is 15.3. The van der Waals surface area contributed by atoms with Crippen LogP contribution in [-0.2, 0) is 10.0 Å². The van der Waals surface area contributed by atoms with E-state index >= 15 is 0 Å². The first-order chi connectivity index (χ1) is 9.82. The summed E-state index contributed by atoms with van der Waals surface area (Å²) in [6.07, 6.45) is 4.85. The first-order valence-electron chi connectivity index (χ1n) is 6.92. The Bertz CT molecular complexity index is 694. The zero-order valence-corrected chi connectivity index (χ0v) is 13.0. The van der Waals surface area contributed by atoms with Gasteiger partial charge in [0, 0.05) is 12.1 Å². The Kier molecular flexibility index (Phi) is 3.50. The summed E-state index contributed by atoms with van der Waals surface area (Å²) < 4.78 is 22.8. The third-order valence-corrected chi connectivity index (χ3v) is 5.83. The number of sulfonamides is 1. The Morgan fingerprint density at radius 2 is 2.05 bits per heavy atom. The number of carbonyl (C=O) groups excluding carboxylic acids is 1. The molecule has 2 aliphatic rings. The topological polar surface area (TPSA) is 89.3 Å². The summed E-state index contributed by atoms with van der Waals surface area (Å²) in [4.78, 5) is 11.9. The van der Waals surface area contributed by atoms with Gasteiger partial charge in [-0.2, -0.15) is 0 Å². The molecule has 21 heavy (non-hydrogen) atoms. The molecule has 0 aromatic heterocycles. The molecule has 0 atom stereocenters. The third-order valence-electron chi connectivity index (χ3n) is 4.44. The van der Waals surface area contributed by atoms with Crippen LogP contribution < -0.4 is 10.5 Å². The number of amides is 1. The van der Waals surface area contributed by atoms with Gasteiger partial charge in [0.2, 0.25) is 10.0 Å². The molecule has 1 aromatic carbocycles. The molecule has 5 nitrogen and oxygen atoms in total. The van der Waals surface area contributed by atoms with Crippen molar-refractivity contribution >= 4 is 27.5 Å². The SMILES string of the molecule is NS(=O)(=O)c1cc(C(=O)NCC2(C3CC3)CC2)ccc1Cl. The number of hydrogen-bond donors (Lipinski definition) is 2. The molecule has 2 saturated carbocycles. The predicted octanol–water partition coefficient (Wildman–Crippen LogP) is 1.91. The number of nitrogens with two attached hydrogens (primary N) is 1. The van der Waals surface area contributed by atoms with E-state index in [0.717, 1.165) is 5.92 Å². The highest BCUT2D eigenvalue weighted by Crippen LogP contribution is 2.60. The molecule has 0 bridgehead atoms. The standard InChI is InChI=1S/C14H17ClN2O3S/c15-11-4-1-9(7-12(11)21(16,19)20)13(18)17-8-14(5-6-14)10-2-3-10/h1,4,7,10H,2-3,5-6,8H2,(H,17,18)(H2,16,19,20). The van der Waals surface area contributed by atoms with Gasteiger partial charge in [-0.05, 0) is 55.2 Å². The van der Waals surface area contributed by atoms with Crippen molar-refractivity contribution in [2.45, 2.75) is 30.6 Å². The lowest BCUT2D eigenvalue weighted by Crippen LogP contribution is -2.31. The fraction of sp³-hybridized carbons (Fsp3) is 0.500. The van der Waals surface area contributed by atoms with Crippen LogP contribution in [0, 0.1) is 11.3 Å². The normalized spacial score (nSPS) is 20.1. The second-order valence-electron chi connectivity index (χ2n) is 6.01. The average molecular weight is 329 g/mol. The summed E-state index contributed by atoms with van der Waals surface area (Å²) in [6, 6.07) is 4.11. The molecule has 0 unspecified atom stereocenters. The van der Waals surface area contributed by atoms with Gasteiger partial charge >= 0.3 is 0 Å². The first-order valence-corrected chi connectivity index (χ1v) is 8.85. The smallest absolute Gasteiger partial charge is 0.251 e. The van der Waals surface area contributed by atoms with E-state index in [1.165, 1.54) is 43.9 Å². The van der Waals surface area contributed by atoms with E-state index in [2.05, 4.69) is 5.32 Å². The molecule has 2 aliphatic carbocycles. The summed E-state index contributed by atoms with van der Waals surface area (Å²) in [5.74, 6) is 0.464. The van der Waals surface area contributed by atoms with Crippen LogP contribution in [0.25, 0.3) is 0 Å². The molecule has 0 spiro atoms. The van der Waals surface area contributed by atoms with Crippen molar-refractivity contribution in [2.75, 3.05) is 6.54 Å². The van der Waals surface area contributed by atoms with Crippen LogP contribution in [0.1, 0.15) is 36.0 Å². The van der Waals surface area contributed by atoms with E-state index < -0.39 is 10.0 Å². The maximum atomic E-state index is 12.2. The van der Waals surface area contributed by atoms with Crippen molar-refractivity contribution in [1.82, 2.24) is 5.32 Å². The first kappa shape index (κ1) is 14.8. The Balaban J connectivity index is 1.73. The molecule has 2 fully saturated rings. The molecular weight excluding hydrogens is 312 g/mol. The van der Waals surface area contributed by atoms with Gasteiger partial charge in [0.05, 0.1) is 5.02 Å². The van der Waals surface area contributed by atoms with Crippen LogP contribution in [-0.4, -0.2) is 20.9 Å². The molecule has 1 amide bonds. The van der Waals surface area contributed by atoms with Crippen LogP contribution >= 0.6 is 11.6 Å². The Labute approximate surface area is 128 Å². The number of carbonyl (C=O) groups is 1. The van der Waals surface area contributed by atoms with Crippen molar-refractivity contribution < 1.29 is 13.2 Å². The summed E-state index contributed by atoms with van der Waals surface area (Å²) in [6.45, 7) is 0.657. The van der Waals surface area contributed by atoms with Crippen molar-refractivity contribution in [3.8, 4) is 0 Å². The minimum atomic E-state index is -3.94. The van der Waals surface area contributed by atoms with E-state index in [-0.39, 0.29) is 21.4 Å². The van der Waals surface area contributed by atoms with Gasteiger partial charge in [-0.1, -0.05) is 11.6 Å². The van der Waals surface area contributed by atoms with Gasteiger partial charge in [-0.15, -0.1) is 0 Å². The molecular formula is C14H17ClN2O3S. The second kappa shape index (κ2) is 4.97. The molecule has 0 aliphatic heterocycles. The number of halogens is 1. The van der Waals surface area contributed by atoms with Crippen LogP contribution in [0.15, 0.2) is 23.1 Å². The number of rotatable bonds is 5. The number of benzene rings is 1. The van der Waals surface area contributed by atoms with E-state index in [9.17, 15) is 13.2 Å². The quantitative estimate of drug-likeness (QED) is 0.865. The Morgan fingerprint density at radius 3 is 2.57 bits per heavy atom. The van der Waals surface area contributed by atoms with Crippen molar-refractivity contribution in [2.24, 2.45) is 16.5 Å². The van der Waals surface area contributed by atoms with Gasteiger partial charge in [-0.3, -0.25) is 4.79 Å². The third kappa shape index (κ3) is 3.07. The second-order valence-corrected chi connectivity index (χ2v) is 7.95. The molecule has 0 radical (unpaired) electrons. The van der Waals surface area contributed by atoms with Gasteiger partial charge in [-0.25, -0.2) is 13.6 Å². The molecule has 0 saturated heterocycles. The summed E-state index contributed by atoms with van der Waals surface area (Å²) in [5.41, 5.74) is 0.556. The largest absolute Gasteiger partial charge is 0.351 e. The van der Waals surface area contributed by atoms with E-state index in [0.29, 0.717) is 12.0 Å². The van der Waals surface area contributed by atoms with Crippen molar-refractivity contribution in [1.29, 1.82) is 0 Å². The Morgan fingerprint density at radius 1 is 1.38 bits per heavy atom. The Hall–Kier alpha value is -1.11. The highest BCUT2D eigenvalue weighted by Gasteiger charge is 2.53. The van der Waals surface area contributed by atoms with E-state index in [4.69, 9.17) is 16.7 Å². The number of nitrogens with one attached hydrogen (secondary N) is 1. The van der Waals surface area contributed by atoms with Crippen LogP contribution in [0.4, 0.5) is 0 Å². The maximum Gasteiger partial charge on any atom is 0.251 e. The molecule has 3 rings (SSSR count). The van der Waals surface area contributed by atoms with Crippen molar-refractivity contribution in [3.63, 3.8) is 0 Å². The van der Waals surface area contributed by atoms with Crippen LogP contribution in [0.3, 0.4) is 0 Å². The van der Waals surface area contributed by atoms with Crippen LogP contribution in [0.2, 0.25) is 5.02 Å². The highest BCUT2D eigenvalue weighted by atomic mass is 35.5.